The highest BCUT2D eigenvalue weighted by atomic mass is 16.1. The van der Waals surface area contributed by atoms with Crippen LogP contribution in [0.3, 0.4) is 0 Å². The fourth-order valence-electron chi connectivity index (χ4n) is 3.87. The molecule has 0 bridgehead atoms. The molecule has 1 amide bonds. The molecule has 1 N–H and O–H groups in total. The monoisotopic (exact) mass is 347 g/mol. The van der Waals surface area contributed by atoms with Crippen LogP contribution in [-0.4, -0.2) is 10.5 Å². The van der Waals surface area contributed by atoms with Crippen LogP contribution >= 0.6 is 0 Å². The summed E-state index contributed by atoms with van der Waals surface area (Å²) in [6.07, 6.45) is 7.99. The Balaban J connectivity index is 1.85. The molecule has 0 spiro atoms. The normalized spacial score (nSPS) is 15.5. The van der Waals surface area contributed by atoms with E-state index in [2.05, 4.69) is 29.8 Å². The molecule has 1 heterocycles. The average Bonchev–Trinajstić information content (AvgIpc) is 2.94. The number of hydrogen-bond donors (Lipinski definition) is 1. The first-order valence-corrected chi connectivity index (χ1v) is 9.27. The number of anilines is 1. The van der Waals surface area contributed by atoms with Gasteiger partial charge in [-0.1, -0.05) is 37.5 Å². The first kappa shape index (κ1) is 18.0. The molecule has 1 aliphatic rings. The van der Waals surface area contributed by atoms with Gasteiger partial charge >= 0.3 is 0 Å². The summed E-state index contributed by atoms with van der Waals surface area (Å²) in [6.45, 7) is 4.19. The van der Waals surface area contributed by atoms with Gasteiger partial charge in [0.1, 0.15) is 11.6 Å². The number of nitriles is 1. The molecule has 26 heavy (non-hydrogen) atoms. The first-order valence-electron chi connectivity index (χ1n) is 9.27. The van der Waals surface area contributed by atoms with E-state index in [1.165, 1.54) is 37.8 Å². The Kier molecular flexibility index (Phi) is 5.58. The van der Waals surface area contributed by atoms with Gasteiger partial charge in [-0.25, -0.2) is 0 Å². The molecule has 0 aliphatic heterocycles. The number of aryl methyl sites for hydroxylation is 1. The average molecular weight is 347 g/mol. The van der Waals surface area contributed by atoms with Crippen molar-refractivity contribution in [1.29, 1.82) is 5.26 Å². The van der Waals surface area contributed by atoms with Gasteiger partial charge in [0.25, 0.3) is 5.91 Å². The van der Waals surface area contributed by atoms with Gasteiger partial charge in [-0.05, 0) is 56.5 Å². The summed E-state index contributed by atoms with van der Waals surface area (Å²) in [7, 11) is 0. The van der Waals surface area contributed by atoms with E-state index in [0.717, 1.165) is 11.3 Å². The van der Waals surface area contributed by atoms with Crippen LogP contribution in [0, 0.1) is 25.2 Å². The minimum absolute atomic E-state index is 0.123. The molecule has 0 unspecified atom stereocenters. The van der Waals surface area contributed by atoms with Crippen molar-refractivity contribution in [1.82, 2.24) is 4.57 Å². The van der Waals surface area contributed by atoms with Crippen LogP contribution in [0.1, 0.15) is 55.1 Å². The third-order valence-electron chi connectivity index (χ3n) is 5.16. The lowest BCUT2D eigenvalue weighted by Crippen LogP contribution is -2.15. The number of amides is 1. The zero-order valence-corrected chi connectivity index (χ0v) is 15.5. The van der Waals surface area contributed by atoms with Crippen LogP contribution in [0.15, 0.2) is 42.0 Å². The molecule has 3 rings (SSSR count). The van der Waals surface area contributed by atoms with Gasteiger partial charge in [-0.15, -0.1) is 0 Å². The maximum absolute atomic E-state index is 12.4. The molecule has 1 aromatic heterocycles. The van der Waals surface area contributed by atoms with E-state index in [1.807, 2.05) is 36.4 Å². The number of hydrogen-bond acceptors (Lipinski definition) is 2. The predicted molar refractivity (Wildman–Crippen MR) is 105 cm³/mol. The molecule has 1 saturated carbocycles. The van der Waals surface area contributed by atoms with Crippen molar-refractivity contribution in [3.8, 4) is 6.07 Å². The summed E-state index contributed by atoms with van der Waals surface area (Å²) in [5, 5.41) is 12.2. The van der Waals surface area contributed by atoms with Crippen LogP contribution in [0.25, 0.3) is 6.08 Å². The second-order valence-electron chi connectivity index (χ2n) is 6.98. The number of rotatable bonds is 4. The van der Waals surface area contributed by atoms with Crippen molar-refractivity contribution in [3.05, 3.63) is 58.9 Å². The highest BCUT2D eigenvalue weighted by Crippen LogP contribution is 2.32. The first-order chi connectivity index (χ1) is 12.6. The van der Waals surface area contributed by atoms with E-state index >= 15 is 0 Å². The van der Waals surface area contributed by atoms with Crippen LogP contribution in [-0.2, 0) is 4.79 Å². The van der Waals surface area contributed by atoms with E-state index < -0.39 is 0 Å². The molecule has 4 nitrogen and oxygen atoms in total. The lowest BCUT2D eigenvalue weighted by atomic mass is 9.95. The minimum Gasteiger partial charge on any atom is -0.346 e. The van der Waals surface area contributed by atoms with Gasteiger partial charge in [-0.2, -0.15) is 5.26 Å². The molecule has 0 radical (unpaired) electrons. The SMILES string of the molecule is Cc1cc(/C=C(/C#N)C(=O)Nc2ccccc2)c(C)n1C1CCCCC1. The number of nitrogens with zero attached hydrogens (tertiary/aromatic N) is 2. The smallest absolute Gasteiger partial charge is 0.266 e. The third-order valence-corrected chi connectivity index (χ3v) is 5.16. The van der Waals surface area contributed by atoms with Gasteiger partial charge < -0.3 is 9.88 Å². The molecular weight excluding hydrogens is 322 g/mol. The van der Waals surface area contributed by atoms with Crippen molar-refractivity contribution >= 4 is 17.7 Å². The molecule has 0 saturated heterocycles. The number of nitrogens with one attached hydrogen (secondary N) is 1. The predicted octanol–water partition coefficient (Wildman–Crippen LogP) is 5.16. The molecule has 1 fully saturated rings. The third kappa shape index (κ3) is 3.88. The second kappa shape index (κ2) is 8.05. The molecule has 0 atom stereocenters. The lowest BCUT2D eigenvalue weighted by Gasteiger charge is -2.26. The summed E-state index contributed by atoms with van der Waals surface area (Å²) in [4.78, 5) is 12.4. The maximum atomic E-state index is 12.4. The highest BCUT2D eigenvalue weighted by Gasteiger charge is 2.20. The Bertz CT molecular complexity index is 850. The van der Waals surface area contributed by atoms with E-state index in [4.69, 9.17) is 0 Å². The number of aromatic nitrogens is 1. The van der Waals surface area contributed by atoms with E-state index in [1.54, 1.807) is 6.08 Å². The summed E-state index contributed by atoms with van der Waals surface area (Å²) in [5.41, 5.74) is 4.09. The number of carbonyl (C=O) groups excluding carboxylic acids is 1. The van der Waals surface area contributed by atoms with Crippen molar-refractivity contribution in [3.63, 3.8) is 0 Å². The van der Waals surface area contributed by atoms with Gasteiger partial charge in [0, 0.05) is 23.1 Å². The molecule has 1 aliphatic carbocycles. The molecule has 2 aromatic rings. The van der Waals surface area contributed by atoms with Crippen LogP contribution in [0.5, 0.6) is 0 Å². The van der Waals surface area contributed by atoms with Gasteiger partial charge in [0.05, 0.1) is 0 Å². The zero-order valence-electron chi connectivity index (χ0n) is 15.5. The highest BCUT2D eigenvalue weighted by molar-refractivity contribution is 6.09. The Labute approximate surface area is 155 Å². The molecule has 4 heteroatoms. The van der Waals surface area contributed by atoms with Crippen molar-refractivity contribution in [2.24, 2.45) is 0 Å². The maximum Gasteiger partial charge on any atom is 0.266 e. The van der Waals surface area contributed by atoms with Crippen LogP contribution in [0.2, 0.25) is 0 Å². The van der Waals surface area contributed by atoms with E-state index in [9.17, 15) is 10.1 Å². The lowest BCUT2D eigenvalue weighted by molar-refractivity contribution is -0.112. The fourth-order valence-corrected chi connectivity index (χ4v) is 3.87. The standard InChI is InChI=1S/C22H25N3O/c1-16-13-18(17(2)25(16)21-11-7-4-8-12-21)14-19(15-23)22(26)24-20-9-5-3-6-10-20/h3,5-6,9-10,13-14,21H,4,7-8,11-12H2,1-2H3,(H,24,26)/b19-14-. The number of benzene rings is 1. The quantitative estimate of drug-likeness (QED) is 0.614. The van der Waals surface area contributed by atoms with Gasteiger partial charge in [0.15, 0.2) is 0 Å². The summed E-state index contributed by atoms with van der Waals surface area (Å²) < 4.78 is 2.38. The fraction of sp³-hybridized carbons (Fsp3) is 0.364. The largest absolute Gasteiger partial charge is 0.346 e. The van der Waals surface area contributed by atoms with Gasteiger partial charge in [0.2, 0.25) is 0 Å². The van der Waals surface area contributed by atoms with Crippen molar-refractivity contribution in [2.45, 2.75) is 52.0 Å². The summed E-state index contributed by atoms with van der Waals surface area (Å²) in [5.74, 6) is -0.374. The number of para-hydroxylation sites is 1. The van der Waals surface area contributed by atoms with Gasteiger partial charge in [-0.3, -0.25) is 4.79 Å². The van der Waals surface area contributed by atoms with E-state index in [0.29, 0.717) is 11.7 Å². The van der Waals surface area contributed by atoms with Crippen molar-refractivity contribution in [2.75, 3.05) is 5.32 Å². The molecule has 1 aromatic carbocycles. The Morgan fingerprint density at radius 1 is 1.19 bits per heavy atom. The van der Waals surface area contributed by atoms with E-state index in [-0.39, 0.29) is 11.5 Å². The second-order valence-corrected chi connectivity index (χ2v) is 6.98. The Hall–Kier alpha value is -2.80. The minimum atomic E-state index is -0.374. The molecular formula is C22H25N3O. The summed E-state index contributed by atoms with van der Waals surface area (Å²) >= 11 is 0. The van der Waals surface area contributed by atoms with Crippen LogP contribution in [0.4, 0.5) is 5.69 Å². The number of carbonyl (C=O) groups is 1. The zero-order chi connectivity index (χ0) is 18.5. The van der Waals surface area contributed by atoms with Crippen molar-refractivity contribution < 1.29 is 4.79 Å². The molecule has 134 valence electrons. The topological polar surface area (TPSA) is 57.8 Å². The Morgan fingerprint density at radius 2 is 1.88 bits per heavy atom. The summed E-state index contributed by atoms with van der Waals surface area (Å²) in [6, 6.07) is 13.9. The Morgan fingerprint density at radius 3 is 2.54 bits per heavy atom. The van der Waals surface area contributed by atoms with Crippen LogP contribution < -0.4 is 5.32 Å².